The third-order valence-corrected chi connectivity index (χ3v) is 1.71. The Bertz CT molecular complexity index is 222. The fraction of sp³-hybridized carbons (Fsp3) is 0.625. The van der Waals surface area contributed by atoms with Crippen LogP contribution in [0.3, 0.4) is 0 Å². The molecule has 0 aromatic heterocycles. The quantitative estimate of drug-likeness (QED) is 0.496. The van der Waals surface area contributed by atoms with Crippen LogP contribution in [-0.2, 0) is 0 Å². The van der Waals surface area contributed by atoms with E-state index < -0.39 is 5.60 Å². The largest absolute Gasteiger partial charge is 0.378 e. The van der Waals surface area contributed by atoms with E-state index in [0.29, 0.717) is 12.8 Å². The van der Waals surface area contributed by atoms with Crippen LogP contribution in [0.15, 0.2) is 0 Å². The number of rotatable bonds is 0. The van der Waals surface area contributed by atoms with Gasteiger partial charge in [-0.15, -0.1) is 5.92 Å². The van der Waals surface area contributed by atoms with E-state index in [1.54, 1.807) is 6.92 Å². The molecule has 0 amide bonds. The van der Waals surface area contributed by atoms with E-state index in [1.165, 1.54) is 0 Å². The Labute approximate surface area is 60.5 Å². The van der Waals surface area contributed by atoms with Gasteiger partial charge in [-0.05, 0) is 6.92 Å². The summed E-state index contributed by atoms with van der Waals surface area (Å²) in [5, 5.41) is 17.8. The highest BCUT2D eigenvalue weighted by Crippen LogP contribution is 2.36. The maximum atomic E-state index is 9.39. The zero-order valence-corrected chi connectivity index (χ0v) is 5.89. The van der Waals surface area contributed by atoms with Crippen molar-refractivity contribution >= 4 is 0 Å². The molecule has 0 unspecified atom stereocenters. The molecule has 1 N–H and O–H groups in total. The third kappa shape index (κ3) is 1.12. The minimum Gasteiger partial charge on any atom is -0.378 e. The van der Waals surface area contributed by atoms with Crippen molar-refractivity contribution in [2.75, 3.05) is 0 Å². The van der Waals surface area contributed by atoms with Crippen molar-refractivity contribution in [3.05, 3.63) is 0 Å². The van der Waals surface area contributed by atoms with Gasteiger partial charge in [0.2, 0.25) is 0 Å². The predicted octanol–water partition coefficient (Wildman–Crippen LogP) is 0.674. The second-order valence-electron chi connectivity index (χ2n) is 2.64. The van der Waals surface area contributed by atoms with Crippen LogP contribution in [0.1, 0.15) is 19.8 Å². The van der Waals surface area contributed by atoms with Crippen LogP contribution in [0.4, 0.5) is 0 Å². The average molecular weight is 135 g/mol. The molecule has 2 nitrogen and oxygen atoms in total. The lowest BCUT2D eigenvalue weighted by atomic mass is 9.72. The predicted molar refractivity (Wildman–Crippen MR) is 36.7 cm³/mol. The summed E-state index contributed by atoms with van der Waals surface area (Å²) >= 11 is 0. The lowest BCUT2D eigenvalue weighted by Crippen LogP contribution is -2.41. The summed E-state index contributed by atoms with van der Waals surface area (Å²) in [6.45, 7) is 1.69. The second-order valence-corrected chi connectivity index (χ2v) is 2.64. The molecule has 0 aromatic rings. The smallest absolute Gasteiger partial charge is 0.128 e. The van der Waals surface area contributed by atoms with Gasteiger partial charge in [-0.25, -0.2) is 0 Å². The Kier molecular flexibility index (Phi) is 1.66. The van der Waals surface area contributed by atoms with Crippen molar-refractivity contribution in [2.45, 2.75) is 25.4 Å². The van der Waals surface area contributed by atoms with E-state index in [1.807, 2.05) is 0 Å². The molecule has 0 aromatic carbocycles. The fourth-order valence-corrected chi connectivity index (χ4v) is 1.18. The van der Waals surface area contributed by atoms with E-state index in [9.17, 15) is 5.11 Å². The van der Waals surface area contributed by atoms with Crippen LogP contribution in [0.5, 0.6) is 0 Å². The molecule has 1 aliphatic carbocycles. The molecule has 0 aliphatic heterocycles. The zero-order chi connectivity index (χ0) is 7.61. The SMILES string of the molecule is CC#CC1(O)CC(C#N)C1. The molecule has 1 saturated carbocycles. The first kappa shape index (κ1) is 7.12. The molecular formula is C8H9NO. The van der Waals surface area contributed by atoms with Crippen molar-refractivity contribution in [3.63, 3.8) is 0 Å². The van der Waals surface area contributed by atoms with Gasteiger partial charge in [-0.3, -0.25) is 0 Å². The first-order chi connectivity index (χ1) is 4.70. The van der Waals surface area contributed by atoms with Gasteiger partial charge >= 0.3 is 0 Å². The number of aliphatic hydroxyl groups is 1. The lowest BCUT2D eigenvalue weighted by molar-refractivity contribution is -0.00241. The molecule has 52 valence electrons. The van der Waals surface area contributed by atoms with Crippen LogP contribution in [0.25, 0.3) is 0 Å². The number of hydrogen-bond donors (Lipinski definition) is 1. The first-order valence-corrected chi connectivity index (χ1v) is 3.26. The third-order valence-electron chi connectivity index (χ3n) is 1.71. The van der Waals surface area contributed by atoms with Crippen LogP contribution in [0.2, 0.25) is 0 Å². The van der Waals surface area contributed by atoms with Gasteiger partial charge in [0.1, 0.15) is 5.60 Å². The monoisotopic (exact) mass is 135 g/mol. The summed E-state index contributed by atoms with van der Waals surface area (Å²) in [4.78, 5) is 0. The topological polar surface area (TPSA) is 44.0 Å². The summed E-state index contributed by atoms with van der Waals surface area (Å²) in [6.07, 6.45) is 1.04. The summed E-state index contributed by atoms with van der Waals surface area (Å²) in [7, 11) is 0. The van der Waals surface area contributed by atoms with Gasteiger partial charge in [-0.1, -0.05) is 5.92 Å². The highest BCUT2D eigenvalue weighted by atomic mass is 16.3. The standard InChI is InChI=1S/C8H9NO/c1-2-3-8(10)4-7(5-8)6-9/h7,10H,4-5H2,1H3. The summed E-state index contributed by atoms with van der Waals surface area (Å²) in [5.41, 5.74) is -0.838. The van der Waals surface area contributed by atoms with Crippen LogP contribution in [-0.4, -0.2) is 10.7 Å². The molecule has 0 saturated heterocycles. The normalized spacial score (nSPS) is 36.7. The Hall–Kier alpha value is -0.990. The number of nitrogens with zero attached hydrogens (tertiary/aromatic N) is 1. The van der Waals surface area contributed by atoms with Crippen LogP contribution < -0.4 is 0 Å². The van der Waals surface area contributed by atoms with E-state index >= 15 is 0 Å². The summed E-state index contributed by atoms with van der Waals surface area (Å²) in [5.74, 6) is 5.34. The van der Waals surface area contributed by atoms with Crippen LogP contribution >= 0.6 is 0 Å². The van der Waals surface area contributed by atoms with Crippen molar-refractivity contribution < 1.29 is 5.11 Å². The van der Waals surface area contributed by atoms with Crippen molar-refractivity contribution in [3.8, 4) is 17.9 Å². The molecule has 0 radical (unpaired) electrons. The molecule has 1 rings (SSSR count). The van der Waals surface area contributed by atoms with E-state index in [-0.39, 0.29) is 5.92 Å². The van der Waals surface area contributed by atoms with E-state index in [4.69, 9.17) is 5.26 Å². The number of nitriles is 1. The summed E-state index contributed by atoms with van der Waals surface area (Å²) < 4.78 is 0. The molecule has 2 heteroatoms. The summed E-state index contributed by atoms with van der Waals surface area (Å²) in [6, 6.07) is 2.09. The molecule has 0 atom stereocenters. The molecule has 0 spiro atoms. The Morgan fingerprint density at radius 3 is 2.60 bits per heavy atom. The minimum atomic E-state index is -0.838. The maximum absolute atomic E-state index is 9.39. The molecule has 10 heavy (non-hydrogen) atoms. The molecule has 0 bridgehead atoms. The van der Waals surface area contributed by atoms with E-state index in [0.717, 1.165) is 0 Å². The van der Waals surface area contributed by atoms with Gasteiger partial charge in [0.25, 0.3) is 0 Å². The second kappa shape index (κ2) is 2.33. The maximum Gasteiger partial charge on any atom is 0.128 e. The Morgan fingerprint density at radius 2 is 2.20 bits per heavy atom. The van der Waals surface area contributed by atoms with Gasteiger partial charge < -0.3 is 5.11 Å². The highest BCUT2D eigenvalue weighted by Gasteiger charge is 2.41. The Balaban J connectivity index is 2.49. The van der Waals surface area contributed by atoms with Crippen molar-refractivity contribution in [2.24, 2.45) is 5.92 Å². The van der Waals surface area contributed by atoms with Gasteiger partial charge in [0.15, 0.2) is 0 Å². The minimum absolute atomic E-state index is 0.0193. The number of hydrogen-bond acceptors (Lipinski definition) is 2. The molecular weight excluding hydrogens is 126 g/mol. The van der Waals surface area contributed by atoms with Gasteiger partial charge in [0.05, 0.1) is 12.0 Å². The van der Waals surface area contributed by atoms with Gasteiger partial charge in [0, 0.05) is 12.8 Å². The van der Waals surface area contributed by atoms with Gasteiger partial charge in [-0.2, -0.15) is 5.26 Å². The zero-order valence-electron chi connectivity index (χ0n) is 5.89. The molecule has 1 aliphatic rings. The molecule has 1 fully saturated rings. The highest BCUT2D eigenvalue weighted by molar-refractivity contribution is 5.21. The van der Waals surface area contributed by atoms with Crippen molar-refractivity contribution in [1.82, 2.24) is 0 Å². The lowest BCUT2D eigenvalue weighted by Gasteiger charge is -2.35. The van der Waals surface area contributed by atoms with Crippen LogP contribution in [0, 0.1) is 29.1 Å². The Morgan fingerprint density at radius 1 is 1.60 bits per heavy atom. The molecule has 0 heterocycles. The van der Waals surface area contributed by atoms with E-state index in [2.05, 4.69) is 17.9 Å². The van der Waals surface area contributed by atoms with Crippen molar-refractivity contribution in [1.29, 1.82) is 5.26 Å². The fourth-order valence-electron chi connectivity index (χ4n) is 1.18. The first-order valence-electron chi connectivity index (χ1n) is 3.26. The average Bonchev–Trinajstić information content (AvgIpc) is 1.83.